The minimum atomic E-state index is -4.54. The van der Waals surface area contributed by atoms with Crippen molar-refractivity contribution in [1.29, 1.82) is 0 Å². The van der Waals surface area contributed by atoms with Crippen molar-refractivity contribution in [1.82, 2.24) is 39.6 Å². The standard InChI is InChI=1S/C20H19F3N10O/c1-24-15-13-16(33(10-25-13)18(34)30-19(6-7-19)20(21,22)23)29-17(28-15)27-12-5-3-4-11(8-12)14-26-9-32(2)31-14/h3-5,8-10H,6-7H2,1-2H3,(H,30,34)(H2,24,27,28,29). The van der Waals surface area contributed by atoms with Crippen LogP contribution in [-0.4, -0.2) is 59.1 Å². The van der Waals surface area contributed by atoms with Crippen LogP contribution in [0.5, 0.6) is 0 Å². The molecule has 5 rings (SSSR count). The second kappa shape index (κ2) is 7.67. The molecule has 3 heterocycles. The van der Waals surface area contributed by atoms with Crippen molar-refractivity contribution in [2.24, 2.45) is 7.05 Å². The van der Waals surface area contributed by atoms with Gasteiger partial charge in [-0.15, -0.1) is 0 Å². The van der Waals surface area contributed by atoms with Crippen LogP contribution in [0.1, 0.15) is 12.8 Å². The number of halogens is 3. The fourth-order valence-electron chi connectivity index (χ4n) is 3.48. The van der Waals surface area contributed by atoms with E-state index in [1.54, 1.807) is 43.3 Å². The molecule has 11 nitrogen and oxygen atoms in total. The van der Waals surface area contributed by atoms with Gasteiger partial charge in [-0.05, 0) is 25.0 Å². The molecule has 0 saturated heterocycles. The zero-order chi connectivity index (χ0) is 24.1. The molecule has 1 fully saturated rings. The highest BCUT2D eigenvalue weighted by Crippen LogP contribution is 2.49. The number of carbonyl (C=O) groups excluding carboxylic acids is 1. The molecule has 1 amide bonds. The Hall–Kier alpha value is -4.23. The van der Waals surface area contributed by atoms with Crippen molar-refractivity contribution in [2.45, 2.75) is 24.6 Å². The molecule has 3 aromatic heterocycles. The first-order valence-electron chi connectivity index (χ1n) is 10.2. The Balaban J connectivity index is 1.47. The predicted octanol–water partition coefficient (Wildman–Crippen LogP) is 3.06. The van der Waals surface area contributed by atoms with Crippen molar-refractivity contribution < 1.29 is 18.0 Å². The zero-order valence-electron chi connectivity index (χ0n) is 18.1. The molecule has 1 aliphatic carbocycles. The van der Waals surface area contributed by atoms with E-state index in [0.717, 1.165) is 16.5 Å². The number of aromatic nitrogens is 7. The lowest BCUT2D eigenvalue weighted by atomic mass is 10.2. The fourth-order valence-corrected chi connectivity index (χ4v) is 3.48. The second-order valence-electron chi connectivity index (χ2n) is 7.89. The molecule has 0 radical (unpaired) electrons. The summed E-state index contributed by atoms with van der Waals surface area (Å²) in [5, 5.41) is 12.3. The minimum absolute atomic E-state index is 0.0554. The summed E-state index contributed by atoms with van der Waals surface area (Å²) in [6.07, 6.45) is -2.16. The Bertz CT molecular complexity index is 1390. The first-order chi connectivity index (χ1) is 16.2. The Morgan fingerprint density at radius 2 is 1.94 bits per heavy atom. The molecular weight excluding hydrogens is 453 g/mol. The van der Waals surface area contributed by atoms with E-state index in [1.807, 2.05) is 6.07 Å². The van der Waals surface area contributed by atoms with Crippen LogP contribution < -0.4 is 16.0 Å². The molecule has 0 bridgehead atoms. The number of carbonyl (C=O) groups is 1. The van der Waals surface area contributed by atoms with Gasteiger partial charge in [0.1, 0.15) is 18.2 Å². The number of rotatable bonds is 5. The van der Waals surface area contributed by atoms with E-state index in [4.69, 9.17) is 0 Å². The Kier molecular flexibility index (Phi) is 4.88. The summed E-state index contributed by atoms with van der Waals surface area (Å²) in [7, 11) is 3.38. The van der Waals surface area contributed by atoms with Gasteiger partial charge >= 0.3 is 12.2 Å². The van der Waals surface area contributed by atoms with Gasteiger partial charge in [0.25, 0.3) is 0 Å². The van der Waals surface area contributed by atoms with Crippen LogP contribution in [-0.2, 0) is 7.05 Å². The lowest BCUT2D eigenvalue weighted by Crippen LogP contribution is -2.49. The largest absolute Gasteiger partial charge is 0.411 e. The van der Waals surface area contributed by atoms with Crippen molar-refractivity contribution in [3.63, 3.8) is 0 Å². The van der Waals surface area contributed by atoms with Gasteiger partial charge in [0.2, 0.25) is 5.95 Å². The molecule has 34 heavy (non-hydrogen) atoms. The van der Waals surface area contributed by atoms with Crippen LogP contribution in [0.25, 0.3) is 22.6 Å². The number of nitrogens with zero attached hydrogens (tertiary/aromatic N) is 7. The van der Waals surface area contributed by atoms with E-state index >= 15 is 0 Å². The van der Waals surface area contributed by atoms with E-state index in [9.17, 15) is 18.0 Å². The summed E-state index contributed by atoms with van der Waals surface area (Å²) < 4.78 is 42.4. The molecule has 1 aliphatic rings. The summed E-state index contributed by atoms with van der Waals surface area (Å²) in [4.78, 5) is 29.7. The molecule has 4 aromatic rings. The van der Waals surface area contributed by atoms with E-state index in [-0.39, 0.29) is 30.0 Å². The maximum atomic E-state index is 13.3. The average molecular weight is 472 g/mol. The van der Waals surface area contributed by atoms with Gasteiger partial charge in [-0.3, -0.25) is 4.68 Å². The van der Waals surface area contributed by atoms with Crippen LogP contribution in [0.3, 0.4) is 0 Å². The molecule has 0 atom stereocenters. The Labute approximate surface area is 190 Å². The van der Waals surface area contributed by atoms with Gasteiger partial charge in [0.05, 0.1) is 0 Å². The van der Waals surface area contributed by atoms with Gasteiger partial charge in [0, 0.05) is 25.3 Å². The molecule has 1 saturated carbocycles. The summed E-state index contributed by atoms with van der Waals surface area (Å²) in [6.45, 7) is 0. The highest BCUT2D eigenvalue weighted by Gasteiger charge is 2.64. The third-order valence-corrected chi connectivity index (χ3v) is 5.47. The van der Waals surface area contributed by atoms with Crippen LogP contribution in [0.4, 0.5) is 35.4 Å². The molecule has 0 unspecified atom stereocenters. The minimum Gasteiger partial charge on any atom is -0.371 e. The number of nitrogens with one attached hydrogen (secondary N) is 3. The van der Waals surface area contributed by atoms with Crippen LogP contribution in [0.15, 0.2) is 36.9 Å². The van der Waals surface area contributed by atoms with E-state index in [0.29, 0.717) is 17.3 Å². The second-order valence-corrected chi connectivity index (χ2v) is 7.89. The summed E-state index contributed by atoms with van der Waals surface area (Å²) >= 11 is 0. The van der Waals surface area contributed by atoms with E-state index < -0.39 is 17.7 Å². The molecule has 0 aliphatic heterocycles. The van der Waals surface area contributed by atoms with Crippen molar-refractivity contribution >= 4 is 34.6 Å². The summed E-state index contributed by atoms with van der Waals surface area (Å²) in [5.41, 5.74) is -0.533. The Morgan fingerprint density at radius 1 is 1.15 bits per heavy atom. The van der Waals surface area contributed by atoms with Gasteiger partial charge in [0.15, 0.2) is 22.8 Å². The van der Waals surface area contributed by atoms with Crippen molar-refractivity contribution in [3.8, 4) is 11.4 Å². The zero-order valence-corrected chi connectivity index (χ0v) is 18.1. The van der Waals surface area contributed by atoms with E-state index in [2.05, 4.69) is 41.0 Å². The third-order valence-electron chi connectivity index (χ3n) is 5.47. The van der Waals surface area contributed by atoms with Crippen LogP contribution in [0, 0.1) is 0 Å². The highest BCUT2D eigenvalue weighted by atomic mass is 19.4. The maximum absolute atomic E-state index is 13.3. The van der Waals surface area contributed by atoms with Gasteiger partial charge in [-0.25, -0.2) is 19.3 Å². The summed E-state index contributed by atoms with van der Waals surface area (Å²) in [5.74, 6) is 0.958. The normalized spacial score (nSPS) is 14.7. The van der Waals surface area contributed by atoms with Crippen molar-refractivity contribution in [2.75, 3.05) is 17.7 Å². The number of anilines is 3. The first-order valence-corrected chi connectivity index (χ1v) is 10.2. The number of hydrogen-bond donors (Lipinski definition) is 3. The number of aryl methyl sites for hydroxylation is 1. The number of fused-ring (bicyclic) bond motifs is 1. The van der Waals surface area contributed by atoms with E-state index in [1.165, 1.54) is 0 Å². The number of hydrogen-bond acceptors (Lipinski definition) is 8. The smallest absolute Gasteiger partial charge is 0.371 e. The van der Waals surface area contributed by atoms with Gasteiger partial charge in [-0.2, -0.15) is 28.2 Å². The van der Waals surface area contributed by atoms with Gasteiger partial charge < -0.3 is 16.0 Å². The fraction of sp³-hybridized carbons (Fsp3) is 0.300. The topological polar surface area (TPSA) is 127 Å². The van der Waals surface area contributed by atoms with Gasteiger partial charge in [-0.1, -0.05) is 12.1 Å². The molecule has 14 heteroatoms. The number of imidazole rings is 1. The number of benzene rings is 1. The monoisotopic (exact) mass is 472 g/mol. The Morgan fingerprint density at radius 3 is 2.59 bits per heavy atom. The highest BCUT2D eigenvalue weighted by molar-refractivity contribution is 5.92. The maximum Gasteiger partial charge on any atom is 0.411 e. The quantitative estimate of drug-likeness (QED) is 0.405. The summed E-state index contributed by atoms with van der Waals surface area (Å²) in [6, 6.07) is 6.26. The lowest BCUT2D eigenvalue weighted by molar-refractivity contribution is -0.162. The SMILES string of the molecule is CNc1nc(Nc2cccc(-c3ncn(C)n3)c2)nc2c1ncn2C(=O)NC1(C(F)(F)F)CC1. The number of alkyl halides is 3. The third kappa shape index (κ3) is 3.76. The van der Waals surface area contributed by atoms with Crippen molar-refractivity contribution in [3.05, 3.63) is 36.9 Å². The molecule has 3 N–H and O–H groups in total. The predicted molar refractivity (Wildman–Crippen MR) is 117 cm³/mol. The lowest BCUT2D eigenvalue weighted by Gasteiger charge is -2.20. The molecule has 0 spiro atoms. The molecular formula is C20H19F3N10O. The first kappa shape index (κ1) is 21.6. The average Bonchev–Trinajstić information content (AvgIpc) is 3.26. The molecule has 1 aromatic carbocycles. The molecule has 176 valence electrons. The number of amides is 1. The van der Waals surface area contributed by atoms with Crippen LogP contribution in [0.2, 0.25) is 0 Å². The van der Waals surface area contributed by atoms with Crippen LogP contribution >= 0.6 is 0 Å².